The molecule has 0 aliphatic carbocycles. The fourth-order valence-electron chi connectivity index (χ4n) is 0.991. The second kappa shape index (κ2) is 3.35. The Morgan fingerprint density at radius 3 is 2.23 bits per heavy atom. The molecule has 0 unspecified atom stereocenters. The van der Waals surface area contributed by atoms with E-state index in [-0.39, 0.29) is 10.0 Å². The Kier molecular flexibility index (Phi) is 2.73. The SMILES string of the molecule is CC(C)(O)c1cc(Br)c(F)cc1F. The lowest BCUT2D eigenvalue weighted by atomic mass is 9.98. The minimum atomic E-state index is -1.31. The lowest BCUT2D eigenvalue weighted by Gasteiger charge is -2.18. The van der Waals surface area contributed by atoms with Crippen molar-refractivity contribution in [2.75, 3.05) is 0 Å². The van der Waals surface area contributed by atoms with Crippen LogP contribution in [0.5, 0.6) is 0 Å². The Morgan fingerprint density at radius 2 is 1.77 bits per heavy atom. The summed E-state index contributed by atoms with van der Waals surface area (Å²) in [6.45, 7) is 2.88. The highest BCUT2D eigenvalue weighted by atomic mass is 79.9. The molecule has 13 heavy (non-hydrogen) atoms. The minimum absolute atomic E-state index is 0.0702. The molecule has 0 spiro atoms. The van der Waals surface area contributed by atoms with Crippen LogP contribution >= 0.6 is 15.9 Å². The third kappa shape index (κ3) is 2.25. The molecule has 0 amide bonds. The molecule has 0 bridgehead atoms. The molecule has 72 valence electrons. The van der Waals surface area contributed by atoms with E-state index in [1.54, 1.807) is 0 Å². The third-order valence-electron chi connectivity index (χ3n) is 1.67. The summed E-state index contributed by atoms with van der Waals surface area (Å²) < 4.78 is 26.0. The van der Waals surface area contributed by atoms with E-state index in [1.165, 1.54) is 19.9 Å². The Hall–Kier alpha value is -0.480. The Morgan fingerprint density at radius 1 is 1.23 bits per heavy atom. The summed E-state index contributed by atoms with van der Waals surface area (Å²) in [6.07, 6.45) is 0. The second-order valence-electron chi connectivity index (χ2n) is 3.31. The van der Waals surface area contributed by atoms with Crippen molar-refractivity contribution in [2.24, 2.45) is 0 Å². The summed E-state index contributed by atoms with van der Waals surface area (Å²) in [7, 11) is 0. The molecule has 1 N–H and O–H groups in total. The van der Waals surface area contributed by atoms with Crippen molar-refractivity contribution in [1.29, 1.82) is 0 Å². The molecule has 4 heteroatoms. The van der Waals surface area contributed by atoms with Crippen LogP contribution in [0.4, 0.5) is 8.78 Å². The molecule has 1 aromatic carbocycles. The summed E-state index contributed by atoms with van der Waals surface area (Å²) in [5.41, 5.74) is -1.24. The first-order valence-electron chi connectivity index (χ1n) is 3.70. The first-order chi connectivity index (χ1) is 5.82. The Bertz CT molecular complexity index is 331. The van der Waals surface area contributed by atoms with Gasteiger partial charge in [-0.3, -0.25) is 0 Å². The average Bonchev–Trinajstić information content (AvgIpc) is 1.94. The zero-order chi connectivity index (χ0) is 10.2. The third-order valence-corrected chi connectivity index (χ3v) is 2.28. The minimum Gasteiger partial charge on any atom is -0.386 e. The van der Waals surface area contributed by atoms with Crippen LogP contribution in [0.15, 0.2) is 16.6 Å². The monoisotopic (exact) mass is 250 g/mol. The maximum atomic E-state index is 13.1. The quantitative estimate of drug-likeness (QED) is 0.761. The van der Waals surface area contributed by atoms with Gasteiger partial charge in [0.15, 0.2) is 0 Å². The van der Waals surface area contributed by atoms with E-state index in [9.17, 15) is 13.9 Å². The van der Waals surface area contributed by atoms with E-state index in [2.05, 4.69) is 15.9 Å². The first kappa shape index (κ1) is 10.6. The number of halogens is 3. The largest absolute Gasteiger partial charge is 0.386 e. The molecule has 0 radical (unpaired) electrons. The number of hydrogen-bond acceptors (Lipinski definition) is 1. The normalized spacial score (nSPS) is 11.8. The molecular formula is C9H9BrF2O. The average molecular weight is 251 g/mol. The molecule has 1 aromatic rings. The van der Waals surface area contributed by atoms with Gasteiger partial charge in [0, 0.05) is 11.6 Å². The van der Waals surface area contributed by atoms with Gasteiger partial charge in [-0.05, 0) is 35.8 Å². The van der Waals surface area contributed by atoms with E-state index < -0.39 is 17.2 Å². The maximum Gasteiger partial charge on any atom is 0.140 e. The summed E-state index contributed by atoms with van der Waals surface area (Å²) in [6, 6.07) is 1.99. The fraction of sp³-hybridized carbons (Fsp3) is 0.333. The van der Waals surface area contributed by atoms with Crippen LogP contribution in [0.25, 0.3) is 0 Å². The van der Waals surface area contributed by atoms with Gasteiger partial charge >= 0.3 is 0 Å². The lowest BCUT2D eigenvalue weighted by molar-refractivity contribution is 0.0743. The highest BCUT2D eigenvalue weighted by molar-refractivity contribution is 9.10. The number of benzene rings is 1. The van der Waals surface area contributed by atoms with Crippen molar-refractivity contribution >= 4 is 15.9 Å². The molecular weight excluding hydrogens is 242 g/mol. The molecule has 0 fully saturated rings. The first-order valence-corrected chi connectivity index (χ1v) is 4.49. The van der Waals surface area contributed by atoms with Gasteiger partial charge in [0.25, 0.3) is 0 Å². The van der Waals surface area contributed by atoms with Crippen molar-refractivity contribution in [1.82, 2.24) is 0 Å². The highest BCUT2D eigenvalue weighted by Crippen LogP contribution is 2.27. The van der Waals surface area contributed by atoms with Crippen LogP contribution in [0.1, 0.15) is 19.4 Å². The zero-order valence-electron chi connectivity index (χ0n) is 7.24. The topological polar surface area (TPSA) is 20.2 Å². The zero-order valence-corrected chi connectivity index (χ0v) is 8.82. The standard InChI is InChI=1S/C9H9BrF2O/c1-9(2,13)5-3-6(10)8(12)4-7(5)11/h3-4,13H,1-2H3. The maximum absolute atomic E-state index is 13.1. The van der Waals surface area contributed by atoms with Gasteiger partial charge < -0.3 is 5.11 Å². The molecule has 0 aromatic heterocycles. The van der Waals surface area contributed by atoms with E-state index in [0.717, 1.165) is 6.07 Å². The molecule has 0 aliphatic heterocycles. The Balaban J connectivity index is 3.32. The van der Waals surface area contributed by atoms with Gasteiger partial charge in [0.05, 0.1) is 10.1 Å². The predicted octanol–water partition coefficient (Wildman–Crippen LogP) is 2.95. The number of aliphatic hydroxyl groups is 1. The summed E-state index contributed by atoms with van der Waals surface area (Å²) in [5, 5.41) is 9.50. The molecule has 0 heterocycles. The van der Waals surface area contributed by atoms with Gasteiger partial charge in [-0.2, -0.15) is 0 Å². The highest BCUT2D eigenvalue weighted by Gasteiger charge is 2.22. The van der Waals surface area contributed by atoms with E-state index >= 15 is 0 Å². The van der Waals surface area contributed by atoms with Crippen molar-refractivity contribution in [3.63, 3.8) is 0 Å². The van der Waals surface area contributed by atoms with Crippen LogP contribution in [0, 0.1) is 11.6 Å². The van der Waals surface area contributed by atoms with Gasteiger partial charge in [0.1, 0.15) is 11.6 Å². The van der Waals surface area contributed by atoms with E-state index in [1.807, 2.05) is 0 Å². The van der Waals surface area contributed by atoms with Gasteiger partial charge in [-0.25, -0.2) is 8.78 Å². The van der Waals surface area contributed by atoms with Crippen molar-refractivity contribution in [3.8, 4) is 0 Å². The molecule has 0 atom stereocenters. The fourth-order valence-corrected chi connectivity index (χ4v) is 1.33. The predicted molar refractivity (Wildman–Crippen MR) is 49.3 cm³/mol. The number of rotatable bonds is 1. The van der Waals surface area contributed by atoms with Crippen LogP contribution < -0.4 is 0 Å². The van der Waals surface area contributed by atoms with Crippen molar-refractivity contribution in [2.45, 2.75) is 19.4 Å². The number of hydrogen-bond donors (Lipinski definition) is 1. The molecule has 0 saturated carbocycles. The molecule has 1 nitrogen and oxygen atoms in total. The smallest absolute Gasteiger partial charge is 0.140 e. The summed E-state index contributed by atoms with van der Waals surface area (Å²) in [5.74, 6) is -1.42. The van der Waals surface area contributed by atoms with Gasteiger partial charge in [-0.15, -0.1) is 0 Å². The van der Waals surface area contributed by atoms with Crippen LogP contribution in [-0.4, -0.2) is 5.11 Å². The van der Waals surface area contributed by atoms with Crippen LogP contribution in [0.3, 0.4) is 0 Å². The summed E-state index contributed by atoms with van der Waals surface area (Å²) in [4.78, 5) is 0. The van der Waals surface area contributed by atoms with Gasteiger partial charge in [0.2, 0.25) is 0 Å². The molecule has 1 rings (SSSR count). The van der Waals surface area contributed by atoms with Crippen LogP contribution in [-0.2, 0) is 5.60 Å². The van der Waals surface area contributed by atoms with Crippen molar-refractivity contribution in [3.05, 3.63) is 33.8 Å². The lowest BCUT2D eigenvalue weighted by Crippen LogP contribution is -2.17. The second-order valence-corrected chi connectivity index (χ2v) is 4.16. The Labute approximate surface area is 83.5 Å². The molecule has 0 saturated heterocycles. The summed E-state index contributed by atoms with van der Waals surface area (Å²) >= 11 is 2.92. The van der Waals surface area contributed by atoms with Gasteiger partial charge in [-0.1, -0.05) is 0 Å². The molecule has 0 aliphatic rings. The van der Waals surface area contributed by atoms with Crippen molar-refractivity contribution < 1.29 is 13.9 Å². The van der Waals surface area contributed by atoms with E-state index in [4.69, 9.17) is 0 Å². The van der Waals surface area contributed by atoms with E-state index in [0.29, 0.717) is 0 Å². The van der Waals surface area contributed by atoms with Crippen LogP contribution in [0.2, 0.25) is 0 Å².